The summed E-state index contributed by atoms with van der Waals surface area (Å²) in [7, 11) is -3.56. The molecule has 1 aromatic carbocycles. The fraction of sp³-hybridized carbons (Fsp3) is 0.533. The lowest BCUT2D eigenvalue weighted by molar-refractivity contribution is -0.156. The van der Waals surface area contributed by atoms with Crippen LogP contribution in [-0.2, 0) is 19.6 Å². The molecule has 1 aliphatic rings. The molecule has 1 unspecified atom stereocenters. The van der Waals surface area contributed by atoms with Crippen LogP contribution in [0.3, 0.4) is 0 Å². The summed E-state index contributed by atoms with van der Waals surface area (Å²) >= 11 is 0. The Kier molecular flexibility index (Phi) is 4.68. The van der Waals surface area contributed by atoms with Crippen molar-refractivity contribution < 1.29 is 17.9 Å². The lowest BCUT2D eigenvalue weighted by atomic mass is 9.83. The summed E-state index contributed by atoms with van der Waals surface area (Å²) in [6, 6.07) is 8.32. The average molecular weight is 311 g/mol. The van der Waals surface area contributed by atoms with E-state index < -0.39 is 15.4 Å². The average Bonchev–Trinajstić information content (AvgIpc) is 2.48. The first-order valence-corrected chi connectivity index (χ1v) is 8.56. The van der Waals surface area contributed by atoms with Crippen LogP contribution in [-0.4, -0.2) is 38.4 Å². The van der Waals surface area contributed by atoms with Crippen molar-refractivity contribution in [1.29, 1.82) is 0 Å². The zero-order valence-corrected chi connectivity index (χ0v) is 13.2. The highest BCUT2D eigenvalue weighted by Gasteiger charge is 2.42. The topological polar surface area (TPSA) is 63.7 Å². The Morgan fingerprint density at radius 3 is 2.62 bits per heavy atom. The summed E-state index contributed by atoms with van der Waals surface area (Å²) < 4.78 is 31.7. The number of carbonyl (C=O) groups is 1. The fourth-order valence-electron chi connectivity index (χ4n) is 2.61. The summed E-state index contributed by atoms with van der Waals surface area (Å²) in [5, 5.41) is 0. The molecule has 0 bridgehead atoms. The highest BCUT2D eigenvalue weighted by Crippen LogP contribution is 2.33. The van der Waals surface area contributed by atoms with Gasteiger partial charge in [-0.25, -0.2) is 8.42 Å². The van der Waals surface area contributed by atoms with Gasteiger partial charge in [0.05, 0.1) is 16.9 Å². The second-order valence-corrected chi connectivity index (χ2v) is 7.47. The van der Waals surface area contributed by atoms with Gasteiger partial charge in [0.2, 0.25) is 10.0 Å². The Balaban J connectivity index is 2.23. The van der Waals surface area contributed by atoms with Crippen LogP contribution in [0.5, 0.6) is 0 Å². The number of ether oxygens (including phenoxy) is 1. The molecule has 1 saturated heterocycles. The minimum atomic E-state index is -3.56. The van der Waals surface area contributed by atoms with Crippen LogP contribution in [0.1, 0.15) is 26.7 Å². The largest absolute Gasteiger partial charge is 0.466 e. The number of carbonyl (C=O) groups excluding carboxylic acids is 1. The number of hydrogen-bond acceptors (Lipinski definition) is 4. The van der Waals surface area contributed by atoms with Gasteiger partial charge in [0, 0.05) is 13.1 Å². The molecule has 5 nitrogen and oxygen atoms in total. The third-order valence-corrected chi connectivity index (χ3v) is 5.67. The Bertz CT molecular complexity index is 599. The first kappa shape index (κ1) is 16.0. The molecule has 1 aromatic rings. The van der Waals surface area contributed by atoms with Gasteiger partial charge in [0.25, 0.3) is 0 Å². The molecular weight excluding hydrogens is 290 g/mol. The minimum absolute atomic E-state index is 0.170. The van der Waals surface area contributed by atoms with E-state index in [4.69, 9.17) is 4.74 Å². The number of piperidine rings is 1. The Morgan fingerprint density at radius 2 is 2.00 bits per heavy atom. The third-order valence-electron chi connectivity index (χ3n) is 3.81. The zero-order valence-electron chi connectivity index (χ0n) is 12.4. The molecule has 0 amide bonds. The summed E-state index contributed by atoms with van der Waals surface area (Å²) in [4.78, 5) is 12.3. The predicted octanol–water partition coefficient (Wildman–Crippen LogP) is 2.04. The van der Waals surface area contributed by atoms with Crippen LogP contribution < -0.4 is 0 Å². The van der Waals surface area contributed by atoms with E-state index in [9.17, 15) is 13.2 Å². The molecule has 1 aliphatic heterocycles. The lowest BCUT2D eigenvalue weighted by Crippen LogP contribution is -2.48. The van der Waals surface area contributed by atoms with E-state index in [0.29, 0.717) is 26.0 Å². The summed E-state index contributed by atoms with van der Waals surface area (Å²) in [5.74, 6) is -0.321. The van der Waals surface area contributed by atoms with Crippen molar-refractivity contribution in [1.82, 2.24) is 4.31 Å². The second-order valence-electron chi connectivity index (χ2n) is 5.54. The summed E-state index contributed by atoms with van der Waals surface area (Å²) in [5.41, 5.74) is -0.768. The molecule has 0 aliphatic carbocycles. The van der Waals surface area contributed by atoms with Gasteiger partial charge in [-0.15, -0.1) is 0 Å². The van der Waals surface area contributed by atoms with Gasteiger partial charge in [-0.1, -0.05) is 18.2 Å². The highest BCUT2D eigenvalue weighted by molar-refractivity contribution is 7.89. The molecule has 0 radical (unpaired) electrons. The second kappa shape index (κ2) is 6.15. The third kappa shape index (κ3) is 3.27. The van der Waals surface area contributed by atoms with E-state index in [1.165, 1.54) is 4.31 Å². The van der Waals surface area contributed by atoms with Crippen molar-refractivity contribution in [2.24, 2.45) is 5.41 Å². The van der Waals surface area contributed by atoms with Gasteiger partial charge in [0.1, 0.15) is 0 Å². The van der Waals surface area contributed by atoms with E-state index in [2.05, 4.69) is 0 Å². The number of nitrogens with zero attached hydrogens (tertiary/aromatic N) is 1. The molecular formula is C15H21NO4S. The molecule has 21 heavy (non-hydrogen) atoms. The summed E-state index contributed by atoms with van der Waals surface area (Å²) in [6.07, 6.45) is 1.30. The van der Waals surface area contributed by atoms with Gasteiger partial charge in [-0.2, -0.15) is 4.31 Å². The van der Waals surface area contributed by atoms with Gasteiger partial charge in [0.15, 0.2) is 0 Å². The van der Waals surface area contributed by atoms with Crippen molar-refractivity contribution in [2.75, 3.05) is 19.7 Å². The lowest BCUT2D eigenvalue weighted by Gasteiger charge is -2.37. The smallest absolute Gasteiger partial charge is 0.313 e. The molecule has 0 aromatic heterocycles. The number of esters is 1. The van der Waals surface area contributed by atoms with Crippen LogP contribution in [0.2, 0.25) is 0 Å². The van der Waals surface area contributed by atoms with Gasteiger partial charge in [-0.05, 0) is 38.8 Å². The normalized spacial score (nSPS) is 23.7. The SMILES string of the molecule is CCOC(=O)C1(C)CCCN(S(=O)(=O)c2ccccc2)C1. The number of sulfonamides is 1. The number of hydrogen-bond donors (Lipinski definition) is 0. The molecule has 6 heteroatoms. The predicted molar refractivity (Wildman–Crippen MR) is 79.2 cm³/mol. The van der Waals surface area contributed by atoms with Crippen LogP contribution in [0, 0.1) is 5.41 Å². The quantitative estimate of drug-likeness (QED) is 0.798. The maximum absolute atomic E-state index is 12.6. The molecule has 1 atom stereocenters. The van der Waals surface area contributed by atoms with E-state index >= 15 is 0 Å². The standard InChI is InChI=1S/C15H21NO4S/c1-3-20-14(17)15(2)10-7-11-16(12-15)21(18,19)13-8-5-4-6-9-13/h4-6,8-9H,3,7,10-12H2,1-2H3. The monoisotopic (exact) mass is 311 g/mol. The van der Waals surface area contributed by atoms with Crippen LogP contribution in [0.25, 0.3) is 0 Å². The highest BCUT2D eigenvalue weighted by atomic mass is 32.2. The van der Waals surface area contributed by atoms with Crippen molar-refractivity contribution in [2.45, 2.75) is 31.6 Å². The number of benzene rings is 1. The van der Waals surface area contributed by atoms with Crippen molar-refractivity contribution >= 4 is 16.0 Å². The van der Waals surface area contributed by atoms with E-state index in [0.717, 1.165) is 0 Å². The van der Waals surface area contributed by atoms with Crippen molar-refractivity contribution in [3.8, 4) is 0 Å². The fourth-order valence-corrected chi connectivity index (χ4v) is 4.24. The van der Waals surface area contributed by atoms with Crippen molar-refractivity contribution in [3.05, 3.63) is 30.3 Å². The minimum Gasteiger partial charge on any atom is -0.466 e. The molecule has 0 spiro atoms. The molecule has 0 N–H and O–H groups in total. The summed E-state index contributed by atoms with van der Waals surface area (Å²) in [6.45, 7) is 4.44. The Morgan fingerprint density at radius 1 is 1.33 bits per heavy atom. The van der Waals surface area contributed by atoms with E-state index in [-0.39, 0.29) is 17.4 Å². The Hall–Kier alpha value is -1.40. The maximum atomic E-state index is 12.6. The van der Waals surface area contributed by atoms with E-state index in [1.807, 2.05) is 0 Å². The molecule has 116 valence electrons. The van der Waals surface area contributed by atoms with Crippen LogP contribution >= 0.6 is 0 Å². The first-order chi connectivity index (χ1) is 9.90. The Labute approximate surface area is 126 Å². The first-order valence-electron chi connectivity index (χ1n) is 7.12. The number of rotatable bonds is 4. The van der Waals surface area contributed by atoms with E-state index in [1.54, 1.807) is 44.2 Å². The maximum Gasteiger partial charge on any atom is 0.313 e. The van der Waals surface area contributed by atoms with Crippen molar-refractivity contribution in [3.63, 3.8) is 0 Å². The van der Waals surface area contributed by atoms with Gasteiger partial charge < -0.3 is 4.74 Å². The molecule has 0 saturated carbocycles. The van der Waals surface area contributed by atoms with Crippen LogP contribution in [0.15, 0.2) is 35.2 Å². The van der Waals surface area contributed by atoms with Gasteiger partial charge >= 0.3 is 5.97 Å². The molecule has 1 heterocycles. The molecule has 1 fully saturated rings. The van der Waals surface area contributed by atoms with Crippen LogP contribution in [0.4, 0.5) is 0 Å². The zero-order chi connectivity index (χ0) is 15.5. The molecule has 2 rings (SSSR count). The van der Waals surface area contributed by atoms with Gasteiger partial charge in [-0.3, -0.25) is 4.79 Å².